The number of hydrogen-bond donors (Lipinski definition) is 1. The minimum Gasteiger partial charge on any atom is -0.497 e. The molecule has 0 amide bonds. The summed E-state index contributed by atoms with van der Waals surface area (Å²) in [7, 11) is 1.68. The lowest BCUT2D eigenvalue weighted by Crippen LogP contribution is -2.30. The second-order valence-corrected chi connectivity index (χ2v) is 6.10. The van der Waals surface area contributed by atoms with Gasteiger partial charge in [0.05, 0.1) is 13.2 Å². The number of methoxy groups -OCH3 is 1. The Morgan fingerprint density at radius 1 is 1.29 bits per heavy atom. The highest BCUT2D eigenvalue weighted by molar-refractivity contribution is 9.10. The molecule has 2 aromatic carbocycles. The van der Waals surface area contributed by atoms with E-state index in [0.717, 1.165) is 41.0 Å². The summed E-state index contributed by atoms with van der Waals surface area (Å²) in [6.07, 6.45) is 0.407. The molecule has 1 N–H and O–H groups in total. The number of ether oxygens (including phenoxy) is 1. The van der Waals surface area contributed by atoms with Crippen LogP contribution in [0.15, 0.2) is 46.9 Å². The van der Waals surface area contributed by atoms with Crippen molar-refractivity contribution in [3.8, 4) is 5.75 Å². The van der Waals surface area contributed by atoms with E-state index >= 15 is 0 Å². The molecular formula is C17H18BrNO2. The molecule has 0 aromatic heterocycles. The monoisotopic (exact) mass is 347 g/mol. The predicted molar refractivity (Wildman–Crippen MR) is 87.8 cm³/mol. The number of fused-ring (bicyclic) bond motifs is 1. The van der Waals surface area contributed by atoms with Crippen LogP contribution < -0.4 is 9.64 Å². The van der Waals surface area contributed by atoms with Gasteiger partial charge in [0.15, 0.2) is 0 Å². The Morgan fingerprint density at radius 2 is 2.10 bits per heavy atom. The summed E-state index contributed by atoms with van der Waals surface area (Å²) in [5.74, 6) is 0.860. The standard InChI is InChI=1S/C17H18BrNO2/c1-21-13-6-7-15(18)12(10-13)11-19-9-8-17(20)14-4-2-3-5-16(14)19/h2-7,10,17,20H,8-9,11H2,1H3. The Morgan fingerprint density at radius 3 is 2.90 bits per heavy atom. The van der Waals surface area contributed by atoms with E-state index in [9.17, 15) is 5.11 Å². The molecule has 0 bridgehead atoms. The number of hydrogen-bond acceptors (Lipinski definition) is 3. The van der Waals surface area contributed by atoms with Crippen LogP contribution in [0.3, 0.4) is 0 Å². The molecular weight excluding hydrogens is 330 g/mol. The van der Waals surface area contributed by atoms with E-state index in [2.05, 4.69) is 33.0 Å². The van der Waals surface area contributed by atoms with E-state index < -0.39 is 0 Å². The molecule has 1 heterocycles. The van der Waals surface area contributed by atoms with Gasteiger partial charge in [0.25, 0.3) is 0 Å². The van der Waals surface area contributed by atoms with Gasteiger partial charge in [-0.2, -0.15) is 0 Å². The third-order valence-corrected chi connectivity index (χ3v) is 4.70. The first-order valence-corrected chi connectivity index (χ1v) is 7.82. The molecule has 1 unspecified atom stereocenters. The van der Waals surface area contributed by atoms with E-state index in [0.29, 0.717) is 0 Å². The van der Waals surface area contributed by atoms with Crippen molar-refractivity contribution in [1.82, 2.24) is 0 Å². The van der Waals surface area contributed by atoms with Crippen molar-refractivity contribution in [3.05, 3.63) is 58.1 Å². The molecule has 0 saturated heterocycles. The minimum absolute atomic E-state index is 0.355. The summed E-state index contributed by atoms with van der Waals surface area (Å²) < 4.78 is 6.38. The van der Waals surface area contributed by atoms with E-state index in [1.165, 1.54) is 5.56 Å². The molecule has 0 fully saturated rings. The highest BCUT2D eigenvalue weighted by Crippen LogP contribution is 2.35. The van der Waals surface area contributed by atoms with Crippen LogP contribution in [0.1, 0.15) is 23.7 Å². The third kappa shape index (κ3) is 2.92. The SMILES string of the molecule is COc1ccc(Br)c(CN2CCC(O)c3ccccc32)c1. The smallest absolute Gasteiger partial charge is 0.119 e. The highest BCUT2D eigenvalue weighted by atomic mass is 79.9. The van der Waals surface area contributed by atoms with Gasteiger partial charge in [0, 0.05) is 28.8 Å². The van der Waals surface area contributed by atoms with Crippen LogP contribution in [0.25, 0.3) is 0 Å². The molecule has 1 aliphatic rings. The van der Waals surface area contributed by atoms with Crippen molar-refractivity contribution in [3.63, 3.8) is 0 Å². The number of benzene rings is 2. The maximum atomic E-state index is 10.1. The molecule has 3 rings (SSSR count). The number of halogens is 1. The van der Waals surface area contributed by atoms with Crippen molar-refractivity contribution in [2.45, 2.75) is 19.1 Å². The normalized spacial score (nSPS) is 17.5. The van der Waals surface area contributed by atoms with Gasteiger partial charge in [0.2, 0.25) is 0 Å². The lowest BCUT2D eigenvalue weighted by atomic mass is 9.98. The van der Waals surface area contributed by atoms with Crippen molar-refractivity contribution in [2.75, 3.05) is 18.6 Å². The maximum Gasteiger partial charge on any atom is 0.119 e. The lowest BCUT2D eigenvalue weighted by molar-refractivity contribution is 0.164. The molecule has 1 aliphatic heterocycles. The first kappa shape index (κ1) is 14.4. The van der Waals surface area contributed by atoms with Gasteiger partial charge in [-0.15, -0.1) is 0 Å². The zero-order valence-electron chi connectivity index (χ0n) is 11.9. The Bertz CT molecular complexity index is 644. The van der Waals surface area contributed by atoms with Crippen molar-refractivity contribution in [1.29, 1.82) is 0 Å². The number of nitrogens with zero attached hydrogens (tertiary/aromatic N) is 1. The Balaban J connectivity index is 1.91. The van der Waals surface area contributed by atoms with Crippen molar-refractivity contribution >= 4 is 21.6 Å². The summed E-state index contributed by atoms with van der Waals surface area (Å²) in [6, 6.07) is 14.1. The summed E-state index contributed by atoms with van der Waals surface area (Å²) in [5, 5.41) is 10.1. The van der Waals surface area contributed by atoms with Gasteiger partial charge < -0.3 is 14.7 Å². The fourth-order valence-electron chi connectivity index (χ4n) is 2.78. The molecule has 1 atom stereocenters. The summed E-state index contributed by atoms with van der Waals surface area (Å²) >= 11 is 3.61. The zero-order chi connectivity index (χ0) is 14.8. The van der Waals surface area contributed by atoms with Gasteiger partial charge in [-0.3, -0.25) is 0 Å². The molecule has 3 nitrogen and oxygen atoms in total. The van der Waals surface area contributed by atoms with Crippen LogP contribution in [0.4, 0.5) is 5.69 Å². The minimum atomic E-state index is -0.355. The van der Waals surface area contributed by atoms with E-state index in [4.69, 9.17) is 4.74 Å². The fourth-order valence-corrected chi connectivity index (χ4v) is 3.15. The molecule has 4 heteroatoms. The van der Waals surface area contributed by atoms with Gasteiger partial charge in [-0.25, -0.2) is 0 Å². The number of anilines is 1. The predicted octanol–water partition coefficient (Wildman–Crippen LogP) is 3.90. The fraction of sp³-hybridized carbons (Fsp3) is 0.294. The first-order valence-electron chi connectivity index (χ1n) is 7.03. The molecule has 21 heavy (non-hydrogen) atoms. The van der Waals surface area contributed by atoms with E-state index in [1.54, 1.807) is 7.11 Å². The molecule has 2 aromatic rings. The second kappa shape index (κ2) is 6.08. The van der Waals surface area contributed by atoms with E-state index in [-0.39, 0.29) is 6.10 Å². The number of rotatable bonds is 3. The van der Waals surface area contributed by atoms with Crippen molar-refractivity contribution in [2.24, 2.45) is 0 Å². The van der Waals surface area contributed by atoms with Gasteiger partial charge in [0.1, 0.15) is 5.75 Å². The van der Waals surface area contributed by atoms with Gasteiger partial charge in [-0.1, -0.05) is 34.1 Å². The van der Waals surface area contributed by atoms with E-state index in [1.807, 2.05) is 30.3 Å². The quantitative estimate of drug-likeness (QED) is 0.913. The van der Waals surface area contributed by atoms with Crippen LogP contribution in [-0.2, 0) is 6.54 Å². The molecule has 0 aliphatic carbocycles. The van der Waals surface area contributed by atoms with Crippen LogP contribution in [0.2, 0.25) is 0 Å². The molecule has 0 spiro atoms. The molecule has 0 radical (unpaired) electrons. The second-order valence-electron chi connectivity index (χ2n) is 5.24. The number of aliphatic hydroxyl groups excluding tert-OH is 1. The third-order valence-electron chi connectivity index (χ3n) is 3.92. The lowest BCUT2D eigenvalue weighted by Gasteiger charge is -2.34. The topological polar surface area (TPSA) is 32.7 Å². The van der Waals surface area contributed by atoms with Crippen LogP contribution >= 0.6 is 15.9 Å². The van der Waals surface area contributed by atoms with Crippen molar-refractivity contribution < 1.29 is 9.84 Å². The Kier molecular flexibility index (Phi) is 4.17. The Labute approximate surface area is 133 Å². The first-order chi connectivity index (χ1) is 10.2. The van der Waals surface area contributed by atoms with Crippen LogP contribution in [-0.4, -0.2) is 18.8 Å². The average molecular weight is 348 g/mol. The summed E-state index contributed by atoms with van der Waals surface area (Å²) in [5.41, 5.74) is 3.31. The maximum absolute atomic E-state index is 10.1. The zero-order valence-corrected chi connectivity index (χ0v) is 13.5. The molecule has 0 saturated carbocycles. The molecule has 110 valence electrons. The average Bonchev–Trinajstić information content (AvgIpc) is 2.52. The van der Waals surface area contributed by atoms with Crippen LogP contribution in [0.5, 0.6) is 5.75 Å². The van der Waals surface area contributed by atoms with Crippen LogP contribution in [0, 0.1) is 0 Å². The van der Waals surface area contributed by atoms with Gasteiger partial charge in [-0.05, 0) is 36.2 Å². The summed E-state index contributed by atoms with van der Waals surface area (Å²) in [6.45, 7) is 1.64. The Hall–Kier alpha value is -1.52. The largest absolute Gasteiger partial charge is 0.497 e. The highest BCUT2D eigenvalue weighted by Gasteiger charge is 2.23. The summed E-state index contributed by atoms with van der Waals surface area (Å²) in [4.78, 5) is 2.31. The number of para-hydroxylation sites is 1. The van der Waals surface area contributed by atoms with Gasteiger partial charge >= 0.3 is 0 Å². The number of aliphatic hydroxyl groups is 1.